The van der Waals surface area contributed by atoms with E-state index in [1.807, 2.05) is 12.1 Å². The van der Waals surface area contributed by atoms with Gasteiger partial charge in [-0.15, -0.1) is 0 Å². The van der Waals surface area contributed by atoms with Gasteiger partial charge in [0, 0.05) is 18.7 Å². The summed E-state index contributed by atoms with van der Waals surface area (Å²) >= 11 is 0. The lowest BCUT2D eigenvalue weighted by Crippen LogP contribution is -2.14. The molecule has 1 unspecified atom stereocenters. The monoisotopic (exact) mass is 222 g/mol. The molecule has 0 bridgehead atoms. The largest absolute Gasteiger partial charge is 0.481 e. The van der Waals surface area contributed by atoms with Crippen LogP contribution in [-0.4, -0.2) is 18.7 Å². The first-order chi connectivity index (χ1) is 7.85. The van der Waals surface area contributed by atoms with Crippen molar-refractivity contribution in [3.8, 4) is 5.88 Å². The number of rotatable bonds is 3. The molecule has 1 saturated heterocycles. The first-order valence-corrected chi connectivity index (χ1v) is 5.70. The van der Waals surface area contributed by atoms with E-state index in [9.17, 15) is 0 Å². The van der Waals surface area contributed by atoms with Gasteiger partial charge in [0.25, 0.3) is 0 Å². The molecule has 1 aliphatic heterocycles. The van der Waals surface area contributed by atoms with Gasteiger partial charge in [0.05, 0.1) is 18.9 Å². The van der Waals surface area contributed by atoms with E-state index in [-0.39, 0.29) is 6.10 Å². The molecule has 1 aromatic heterocycles. The minimum atomic E-state index is 0.120. The molecule has 0 radical (unpaired) electrons. The summed E-state index contributed by atoms with van der Waals surface area (Å²) in [5, 5.41) is 0. The van der Waals surface area contributed by atoms with Crippen molar-refractivity contribution in [2.24, 2.45) is 5.73 Å². The Morgan fingerprint density at radius 1 is 1.50 bits per heavy atom. The first kappa shape index (κ1) is 11.4. The minimum Gasteiger partial charge on any atom is -0.481 e. The molecular weight excluding hydrogens is 204 g/mol. The third-order valence-corrected chi connectivity index (χ3v) is 2.88. The van der Waals surface area contributed by atoms with Crippen molar-refractivity contribution >= 4 is 0 Å². The predicted octanol–water partition coefficient (Wildman–Crippen LogP) is 1.79. The SMILES string of the molecule is COc1nc(C2CCCCO2)ccc1CN. The van der Waals surface area contributed by atoms with E-state index in [0.29, 0.717) is 12.4 Å². The molecule has 88 valence electrons. The Hall–Kier alpha value is -1.13. The fraction of sp³-hybridized carbons (Fsp3) is 0.583. The number of nitrogens with two attached hydrogens (primary N) is 1. The fourth-order valence-electron chi connectivity index (χ4n) is 1.97. The first-order valence-electron chi connectivity index (χ1n) is 5.70. The Morgan fingerprint density at radius 3 is 3.00 bits per heavy atom. The van der Waals surface area contributed by atoms with Crippen molar-refractivity contribution in [3.63, 3.8) is 0 Å². The van der Waals surface area contributed by atoms with Crippen LogP contribution in [0.1, 0.15) is 36.6 Å². The van der Waals surface area contributed by atoms with Gasteiger partial charge in [0.1, 0.15) is 0 Å². The van der Waals surface area contributed by atoms with Crippen molar-refractivity contribution in [1.82, 2.24) is 4.98 Å². The standard InChI is InChI=1S/C12H18N2O2/c1-15-12-9(8-13)5-6-10(14-12)11-4-2-3-7-16-11/h5-6,11H,2-4,7-8,13H2,1H3. The van der Waals surface area contributed by atoms with Crippen molar-refractivity contribution in [1.29, 1.82) is 0 Å². The van der Waals surface area contributed by atoms with Crippen molar-refractivity contribution in [3.05, 3.63) is 23.4 Å². The summed E-state index contributed by atoms with van der Waals surface area (Å²) in [4.78, 5) is 4.46. The van der Waals surface area contributed by atoms with E-state index in [1.54, 1.807) is 7.11 Å². The third-order valence-electron chi connectivity index (χ3n) is 2.88. The summed E-state index contributed by atoms with van der Waals surface area (Å²) in [6, 6.07) is 3.96. The lowest BCUT2D eigenvalue weighted by Gasteiger charge is -2.22. The van der Waals surface area contributed by atoms with E-state index in [0.717, 1.165) is 30.7 Å². The van der Waals surface area contributed by atoms with Gasteiger partial charge in [-0.25, -0.2) is 4.98 Å². The van der Waals surface area contributed by atoms with Gasteiger partial charge in [-0.1, -0.05) is 6.07 Å². The molecule has 1 aliphatic rings. The van der Waals surface area contributed by atoms with Crippen molar-refractivity contribution in [2.75, 3.05) is 13.7 Å². The van der Waals surface area contributed by atoms with Crippen LogP contribution in [0.3, 0.4) is 0 Å². The summed E-state index contributed by atoms with van der Waals surface area (Å²) in [5.41, 5.74) is 7.49. The molecule has 4 heteroatoms. The molecule has 0 aliphatic carbocycles. The van der Waals surface area contributed by atoms with Gasteiger partial charge in [-0.05, 0) is 25.3 Å². The number of methoxy groups -OCH3 is 1. The Balaban J connectivity index is 2.20. The van der Waals surface area contributed by atoms with Gasteiger partial charge in [0.15, 0.2) is 0 Å². The highest BCUT2D eigenvalue weighted by atomic mass is 16.5. The van der Waals surface area contributed by atoms with Crippen LogP contribution in [0.25, 0.3) is 0 Å². The van der Waals surface area contributed by atoms with E-state index >= 15 is 0 Å². The molecule has 1 atom stereocenters. The maximum atomic E-state index is 5.69. The zero-order valence-electron chi connectivity index (χ0n) is 9.61. The Kier molecular flexibility index (Phi) is 3.74. The summed E-state index contributed by atoms with van der Waals surface area (Å²) in [7, 11) is 1.62. The Labute approximate surface area is 95.8 Å². The van der Waals surface area contributed by atoms with Crippen LogP contribution < -0.4 is 10.5 Å². The maximum absolute atomic E-state index is 5.69. The molecule has 16 heavy (non-hydrogen) atoms. The van der Waals surface area contributed by atoms with Crippen LogP contribution in [0.2, 0.25) is 0 Å². The summed E-state index contributed by atoms with van der Waals surface area (Å²) < 4.78 is 10.9. The highest BCUT2D eigenvalue weighted by Crippen LogP contribution is 2.28. The van der Waals surface area contributed by atoms with Crippen LogP contribution in [0.5, 0.6) is 5.88 Å². The Bertz CT molecular complexity index is 349. The molecule has 4 nitrogen and oxygen atoms in total. The van der Waals surface area contributed by atoms with E-state index in [4.69, 9.17) is 15.2 Å². The second-order valence-electron chi connectivity index (χ2n) is 3.96. The molecule has 1 aromatic rings. The lowest BCUT2D eigenvalue weighted by atomic mass is 10.1. The van der Waals surface area contributed by atoms with Gasteiger partial charge in [-0.2, -0.15) is 0 Å². The van der Waals surface area contributed by atoms with Crippen LogP contribution in [0, 0.1) is 0 Å². The van der Waals surface area contributed by atoms with Crippen LogP contribution in [-0.2, 0) is 11.3 Å². The van der Waals surface area contributed by atoms with Crippen LogP contribution in [0.4, 0.5) is 0 Å². The highest BCUT2D eigenvalue weighted by molar-refractivity contribution is 5.29. The second-order valence-corrected chi connectivity index (χ2v) is 3.96. The van der Waals surface area contributed by atoms with Crippen molar-refractivity contribution < 1.29 is 9.47 Å². The molecule has 1 fully saturated rings. The second kappa shape index (κ2) is 5.27. The van der Waals surface area contributed by atoms with Crippen LogP contribution >= 0.6 is 0 Å². The smallest absolute Gasteiger partial charge is 0.217 e. The normalized spacial score (nSPS) is 20.8. The zero-order chi connectivity index (χ0) is 11.4. The van der Waals surface area contributed by atoms with Gasteiger partial charge < -0.3 is 15.2 Å². The summed E-state index contributed by atoms with van der Waals surface area (Å²) in [6.07, 6.45) is 3.51. The minimum absolute atomic E-state index is 0.120. The van der Waals surface area contributed by atoms with E-state index in [1.165, 1.54) is 6.42 Å². The third kappa shape index (κ3) is 2.33. The van der Waals surface area contributed by atoms with Gasteiger partial charge in [-0.3, -0.25) is 0 Å². The highest BCUT2D eigenvalue weighted by Gasteiger charge is 2.18. The van der Waals surface area contributed by atoms with Crippen molar-refractivity contribution in [2.45, 2.75) is 31.9 Å². The summed E-state index contributed by atoms with van der Waals surface area (Å²) in [6.45, 7) is 1.27. The van der Waals surface area contributed by atoms with Crippen LogP contribution in [0.15, 0.2) is 12.1 Å². The number of hydrogen-bond acceptors (Lipinski definition) is 4. The maximum Gasteiger partial charge on any atom is 0.217 e. The molecule has 0 saturated carbocycles. The van der Waals surface area contributed by atoms with Gasteiger partial charge in [0.2, 0.25) is 5.88 Å². The molecule has 0 aromatic carbocycles. The zero-order valence-corrected chi connectivity index (χ0v) is 9.61. The average Bonchev–Trinajstić information content (AvgIpc) is 2.39. The number of pyridine rings is 1. The predicted molar refractivity (Wildman–Crippen MR) is 61.2 cm³/mol. The Morgan fingerprint density at radius 2 is 2.38 bits per heavy atom. The lowest BCUT2D eigenvalue weighted by molar-refractivity contribution is 0.0120. The molecular formula is C12H18N2O2. The molecule has 0 spiro atoms. The fourth-order valence-corrected chi connectivity index (χ4v) is 1.97. The number of aromatic nitrogens is 1. The van der Waals surface area contributed by atoms with E-state index < -0.39 is 0 Å². The topological polar surface area (TPSA) is 57.4 Å². The number of nitrogens with zero attached hydrogens (tertiary/aromatic N) is 1. The number of ether oxygens (including phenoxy) is 2. The van der Waals surface area contributed by atoms with Gasteiger partial charge >= 0.3 is 0 Å². The number of hydrogen-bond donors (Lipinski definition) is 1. The molecule has 2 N–H and O–H groups in total. The molecule has 2 rings (SSSR count). The molecule has 2 heterocycles. The van der Waals surface area contributed by atoms with E-state index in [2.05, 4.69) is 4.98 Å². The average molecular weight is 222 g/mol. The summed E-state index contributed by atoms with van der Waals surface area (Å²) in [5.74, 6) is 0.620. The molecule has 0 amide bonds. The quantitative estimate of drug-likeness (QED) is 0.847.